The largest absolute Gasteiger partial charge is 0.486 e. The highest BCUT2D eigenvalue weighted by Crippen LogP contribution is 2.32. The molecule has 0 spiro atoms. The lowest BCUT2D eigenvalue weighted by Crippen LogP contribution is -2.34. The fraction of sp³-hybridized carbons (Fsp3) is 0.500. The average Bonchev–Trinajstić information content (AvgIpc) is 3.01. The molecule has 1 aromatic carbocycles. The van der Waals surface area contributed by atoms with Crippen LogP contribution in [0.1, 0.15) is 35.6 Å². The van der Waals surface area contributed by atoms with Gasteiger partial charge in [-0.25, -0.2) is 0 Å². The molecule has 1 N–H and O–H groups in total. The van der Waals surface area contributed by atoms with Crippen LogP contribution >= 0.6 is 0 Å². The third-order valence-corrected chi connectivity index (χ3v) is 4.79. The number of piperidine rings is 1. The molecular weight excluding hydrogens is 290 g/mol. The number of ether oxygens (including phenoxy) is 2. The Bertz CT molecular complexity index is 683. The number of H-pyrrole nitrogens is 1. The molecule has 0 bridgehead atoms. The van der Waals surface area contributed by atoms with Crippen LogP contribution in [0.25, 0.3) is 0 Å². The smallest absolute Gasteiger partial charge is 0.161 e. The normalized spacial score (nSPS) is 21.3. The first-order valence-corrected chi connectivity index (χ1v) is 8.40. The van der Waals surface area contributed by atoms with Gasteiger partial charge in [-0.2, -0.15) is 5.10 Å². The molecule has 2 aliphatic heterocycles. The number of rotatable bonds is 3. The fourth-order valence-electron chi connectivity index (χ4n) is 3.65. The van der Waals surface area contributed by atoms with Gasteiger partial charge in [0.1, 0.15) is 13.2 Å². The molecule has 4 rings (SSSR count). The van der Waals surface area contributed by atoms with Gasteiger partial charge in [0, 0.05) is 24.7 Å². The van der Waals surface area contributed by atoms with Gasteiger partial charge >= 0.3 is 0 Å². The molecule has 23 heavy (non-hydrogen) atoms. The Labute approximate surface area is 136 Å². The van der Waals surface area contributed by atoms with Crippen molar-refractivity contribution >= 4 is 0 Å². The lowest BCUT2D eigenvalue weighted by Gasteiger charge is -2.32. The van der Waals surface area contributed by atoms with Gasteiger partial charge in [0.2, 0.25) is 0 Å². The van der Waals surface area contributed by atoms with E-state index < -0.39 is 0 Å². The molecule has 2 aliphatic rings. The number of nitrogens with one attached hydrogen (secondary N) is 1. The number of benzene rings is 1. The average molecular weight is 313 g/mol. The summed E-state index contributed by atoms with van der Waals surface area (Å²) in [4.78, 5) is 2.53. The Hall–Kier alpha value is -2.01. The summed E-state index contributed by atoms with van der Waals surface area (Å²) >= 11 is 0. The van der Waals surface area contributed by atoms with Gasteiger partial charge in [-0.15, -0.1) is 0 Å². The standard InChI is InChI=1S/C18H23N3O2/c1-13-10-19-20-18(13)15-3-2-6-21(12-15)11-14-4-5-16-17(9-14)23-8-7-22-16/h4-5,9-10,15H,2-3,6-8,11-12H2,1H3,(H,19,20)/t15-/m1/s1. The number of nitrogens with zero attached hydrogens (tertiary/aromatic N) is 2. The molecule has 1 fully saturated rings. The molecule has 1 saturated heterocycles. The molecule has 2 aromatic rings. The summed E-state index contributed by atoms with van der Waals surface area (Å²) in [6, 6.07) is 6.31. The fourth-order valence-corrected chi connectivity index (χ4v) is 3.65. The maximum atomic E-state index is 5.69. The predicted molar refractivity (Wildman–Crippen MR) is 88.0 cm³/mol. The van der Waals surface area contributed by atoms with E-state index in [1.54, 1.807) is 0 Å². The summed E-state index contributed by atoms with van der Waals surface area (Å²) in [5.41, 5.74) is 3.87. The first-order chi connectivity index (χ1) is 11.3. The van der Waals surface area contributed by atoms with Gasteiger partial charge in [0.25, 0.3) is 0 Å². The molecule has 1 aromatic heterocycles. The third kappa shape index (κ3) is 3.06. The van der Waals surface area contributed by atoms with Crippen molar-refractivity contribution < 1.29 is 9.47 Å². The Kier molecular flexibility index (Phi) is 3.95. The first-order valence-electron chi connectivity index (χ1n) is 8.40. The van der Waals surface area contributed by atoms with Crippen LogP contribution in [0.4, 0.5) is 0 Å². The highest BCUT2D eigenvalue weighted by atomic mass is 16.6. The number of likely N-dealkylation sites (tertiary alicyclic amines) is 1. The lowest BCUT2D eigenvalue weighted by molar-refractivity contribution is 0.170. The summed E-state index contributed by atoms with van der Waals surface area (Å²) in [5.74, 6) is 2.31. The second kappa shape index (κ2) is 6.24. The lowest BCUT2D eigenvalue weighted by atomic mass is 9.92. The van der Waals surface area contributed by atoms with E-state index in [0.717, 1.165) is 31.1 Å². The molecule has 5 heteroatoms. The van der Waals surface area contributed by atoms with E-state index in [-0.39, 0.29) is 0 Å². The molecule has 0 saturated carbocycles. The molecule has 0 radical (unpaired) electrons. The molecule has 0 aliphatic carbocycles. The molecule has 0 unspecified atom stereocenters. The van der Waals surface area contributed by atoms with E-state index in [0.29, 0.717) is 19.1 Å². The highest BCUT2D eigenvalue weighted by Gasteiger charge is 2.24. The van der Waals surface area contributed by atoms with Crippen molar-refractivity contribution in [2.45, 2.75) is 32.2 Å². The predicted octanol–water partition coefficient (Wildman–Crippen LogP) is 2.87. The number of hydrogen-bond donors (Lipinski definition) is 1. The Balaban J connectivity index is 1.45. The zero-order chi connectivity index (χ0) is 15.6. The van der Waals surface area contributed by atoms with E-state index in [4.69, 9.17) is 9.47 Å². The zero-order valence-electron chi connectivity index (χ0n) is 13.5. The quantitative estimate of drug-likeness (QED) is 0.946. The molecule has 122 valence electrons. The maximum absolute atomic E-state index is 5.69. The van der Waals surface area contributed by atoms with Crippen molar-refractivity contribution in [3.8, 4) is 11.5 Å². The van der Waals surface area contributed by atoms with Gasteiger partial charge in [0.05, 0.1) is 6.20 Å². The minimum Gasteiger partial charge on any atom is -0.486 e. The van der Waals surface area contributed by atoms with E-state index in [1.165, 1.54) is 29.7 Å². The van der Waals surface area contributed by atoms with Gasteiger partial charge in [-0.05, 0) is 49.6 Å². The van der Waals surface area contributed by atoms with Crippen LogP contribution in [-0.4, -0.2) is 41.4 Å². The van der Waals surface area contributed by atoms with E-state index in [1.807, 2.05) is 12.3 Å². The molecule has 5 nitrogen and oxygen atoms in total. The van der Waals surface area contributed by atoms with Crippen molar-refractivity contribution in [3.63, 3.8) is 0 Å². The van der Waals surface area contributed by atoms with Crippen LogP contribution in [0.5, 0.6) is 11.5 Å². The van der Waals surface area contributed by atoms with Crippen LogP contribution in [0.2, 0.25) is 0 Å². The van der Waals surface area contributed by atoms with E-state index in [2.05, 4.69) is 34.2 Å². The van der Waals surface area contributed by atoms with Crippen LogP contribution in [0.3, 0.4) is 0 Å². The number of aryl methyl sites for hydroxylation is 1. The van der Waals surface area contributed by atoms with Crippen molar-refractivity contribution in [2.75, 3.05) is 26.3 Å². The van der Waals surface area contributed by atoms with Crippen molar-refractivity contribution in [1.82, 2.24) is 15.1 Å². The Morgan fingerprint density at radius 3 is 2.96 bits per heavy atom. The molecule has 0 amide bonds. The molecule has 1 atom stereocenters. The van der Waals surface area contributed by atoms with Crippen molar-refractivity contribution in [3.05, 3.63) is 41.2 Å². The minimum atomic E-state index is 0.559. The second-order valence-electron chi connectivity index (χ2n) is 6.52. The monoisotopic (exact) mass is 313 g/mol. The summed E-state index contributed by atoms with van der Waals surface area (Å²) in [7, 11) is 0. The third-order valence-electron chi connectivity index (χ3n) is 4.79. The second-order valence-corrected chi connectivity index (χ2v) is 6.52. The highest BCUT2D eigenvalue weighted by molar-refractivity contribution is 5.43. The van der Waals surface area contributed by atoms with E-state index >= 15 is 0 Å². The minimum absolute atomic E-state index is 0.559. The van der Waals surface area contributed by atoms with Crippen LogP contribution in [-0.2, 0) is 6.54 Å². The van der Waals surface area contributed by atoms with Gasteiger partial charge in [-0.1, -0.05) is 6.07 Å². The summed E-state index contributed by atoms with van der Waals surface area (Å²) in [5, 5.41) is 7.37. The van der Waals surface area contributed by atoms with Crippen LogP contribution in [0, 0.1) is 6.92 Å². The van der Waals surface area contributed by atoms with Crippen molar-refractivity contribution in [1.29, 1.82) is 0 Å². The number of aromatic amines is 1. The SMILES string of the molecule is Cc1cn[nH]c1[C@@H]1CCCN(Cc2ccc3c(c2)OCCO3)C1. The van der Waals surface area contributed by atoms with Crippen molar-refractivity contribution in [2.24, 2.45) is 0 Å². The molecular formula is C18H23N3O2. The number of hydrogen-bond acceptors (Lipinski definition) is 4. The van der Waals surface area contributed by atoms with Crippen LogP contribution < -0.4 is 9.47 Å². The van der Waals surface area contributed by atoms with Gasteiger partial charge < -0.3 is 9.47 Å². The topological polar surface area (TPSA) is 50.4 Å². The number of aromatic nitrogens is 2. The summed E-state index contributed by atoms with van der Waals surface area (Å²) in [6.45, 7) is 6.61. The number of fused-ring (bicyclic) bond motifs is 1. The Morgan fingerprint density at radius 2 is 2.13 bits per heavy atom. The Morgan fingerprint density at radius 1 is 1.26 bits per heavy atom. The maximum Gasteiger partial charge on any atom is 0.161 e. The van der Waals surface area contributed by atoms with Gasteiger partial charge in [-0.3, -0.25) is 10.00 Å². The van der Waals surface area contributed by atoms with Crippen LogP contribution in [0.15, 0.2) is 24.4 Å². The van der Waals surface area contributed by atoms with E-state index in [9.17, 15) is 0 Å². The summed E-state index contributed by atoms with van der Waals surface area (Å²) in [6.07, 6.45) is 4.39. The zero-order valence-corrected chi connectivity index (χ0v) is 13.5. The first kappa shape index (κ1) is 14.6. The summed E-state index contributed by atoms with van der Waals surface area (Å²) < 4.78 is 11.3. The van der Waals surface area contributed by atoms with Gasteiger partial charge in [0.15, 0.2) is 11.5 Å². The molecule has 3 heterocycles.